The van der Waals surface area contributed by atoms with Crippen LogP contribution < -0.4 is 4.90 Å². The van der Waals surface area contributed by atoms with Crippen molar-refractivity contribution in [3.8, 4) is 11.4 Å². The van der Waals surface area contributed by atoms with Crippen molar-refractivity contribution in [3.63, 3.8) is 0 Å². The van der Waals surface area contributed by atoms with Crippen LogP contribution in [0.25, 0.3) is 22.6 Å². The van der Waals surface area contributed by atoms with E-state index in [1.807, 2.05) is 56.3 Å². The molecule has 0 aliphatic rings. The minimum absolute atomic E-state index is 0.723. The zero-order valence-corrected chi connectivity index (χ0v) is 12.4. The molecule has 3 aromatic rings. The SMILES string of the molecule is Cc1cc(Cl)ccc1-c1nc2nc(N(C)C)ccc2[nH]1. The number of aryl methyl sites for hydroxylation is 1. The number of rotatable bonds is 2. The fraction of sp³-hybridized carbons (Fsp3) is 0.200. The van der Waals surface area contributed by atoms with Gasteiger partial charge in [0.25, 0.3) is 0 Å². The third kappa shape index (κ3) is 2.23. The number of halogens is 1. The molecule has 1 N–H and O–H groups in total. The van der Waals surface area contributed by atoms with E-state index in [9.17, 15) is 0 Å². The molecule has 5 heteroatoms. The summed E-state index contributed by atoms with van der Waals surface area (Å²) >= 11 is 5.99. The lowest BCUT2D eigenvalue weighted by molar-refractivity contribution is 1.08. The fourth-order valence-electron chi connectivity index (χ4n) is 2.15. The Labute approximate surface area is 122 Å². The van der Waals surface area contributed by atoms with Crippen LogP contribution in [0.2, 0.25) is 5.02 Å². The van der Waals surface area contributed by atoms with Gasteiger partial charge in [-0.2, -0.15) is 0 Å². The van der Waals surface area contributed by atoms with Gasteiger partial charge in [0, 0.05) is 24.7 Å². The molecular formula is C15H15ClN4. The Morgan fingerprint density at radius 2 is 1.90 bits per heavy atom. The third-order valence-corrected chi connectivity index (χ3v) is 3.47. The molecule has 102 valence electrons. The van der Waals surface area contributed by atoms with E-state index in [-0.39, 0.29) is 0 Å². The number of nitrogens with one attached hydrogen (secondary N) is 1. The van der Waals surface area contributed by atoms with E-state index in [2.05, 4.69) is 15.0 Å². The second-order valence-corrected chi connectivity index (χ2v) is 5.42. The number of aromatic nitrogens is 3. The van der Waals surface area contributed by atoms with Crippen LogP contribution in [0.15, 0.2) is 30.3 Å². The maximum Gasteiger partial charge on any atom is 0.180 e. The highest BCUT2D eigenvalue weighted by atomic mass is 35.5. The first-order valence-electron chi connectivity index (χ1n) is 6.35. The molecule has 0 saturated heterocycles. The van der Waals surface area contributed by atoms with Gasteiger partial charge in [-0.25, -0.2) is 9.97 Å². The van der Waals surface area contributed by atoms with Crippen molar-refractivity contribution in [2.24, 2.45) is 0 Å². The molecule has 0 atom stereocenters. The summed E-state index contributed by atoms with van der Waals surface area (Å²) in [5.74, 6) is 1.71. The van der Waals surface area contributed by atoms with Gasteiger partial charge in [-0.15, -0.1) is 0 Å². The summed E-state index contributed by atoms with van der Waals surface area (Å²) in [6.45, 7) is 2.02. The van der Waals surface area contributed by atoms with E-state index in [4.69, 9.17) is 11.6 Å². The minimum Gasteiger partial charge on any atom is -0.363 e. The monoisotopic (exact) mass is 286 g/mol. The number of benzene rings is 1. The van der Waals surface area contributed by atoms with Crippen molar-refractivity contribution < 1.29 is 0 Å². The summed E-state index contributed by atoms with van der Waals surface area (Å²) in [5, 5.41) is 0.732. The number of hydrogen-bond donors (Lipinski definition) is 1. The van der Waals surface area contributed by atoms with Crippen LogP contribution in [0.3, 0.4) is 0 Å². The largest absolute Gasteiger partial charge is 0.363 e. The van der Waals surface area contributed by atoms with Gasteiger partial charge in [0.1, 0.15) is 11.6 Å². The first-order valence-corrected chi connectivity index (χ1v) is 6.73. The Bertz CT molecular complexity index is 777. The van der Waals surface area contributed by atoms with Crippen molar-refractivity contribution in [2.75, 3.05) is 19.0 Å². The fourth-order valence-corrected chi connectivity index (χ4v) is 2.38. The number of anilines is 1. The Morgan fingerprint density at radius 3 is 2.60 bits per heavy atom. The lowest BCUT2D eigenvalue weighted by Crippen LogP contribution is -2.10. The normalized spacial score (nSPS) is 11.0. The van der Waals surface area contributed by atoms with Gasteiger partial charge in [0.05, 0.1) is 5.52 Å². The molecule has 0 spiro atoms. The number of hydrogen-bond acceptors (Lipinski definition) is 3. The lowest BCUT2D eigenvalue weighted by atomic mass is 10.1. The number of fused-ring (bicyclic) bond motifs is 1. The number of nitrogens with zero attached hydrogens (tertiary/aromatic N) is 3. The molecule has 2 aromatic heterocycles. The van der Waals surface area contributed by atoms with Gasteiger partial charge in [0.2, 0.25) is 0 Å². The Hall–Kier alpha value is -2.07. The Kier molecular flexibility index (Phi) is 3.10. The van der Waals surface area contributed by atoms with E-state index in [1.54, 1.807) is 0 Å². The highest BCUT2D eigenvalue weighted by molar-refractivity contribution is 6.30. The molecular weight excluding hydrogens is 272 g/mol. The van der Waals surface area contributed by atoms with Crippen molar-refractivity contribution in [1.82, 2.24) is 15.0 Å². The zero-order chi connectivity index (χ0) is 14.3. The molecule has 0 saturated carbocycles. The summed E-state index contributed by atoms with van der Waals surface area (Å²) in [7, 11) is 3.93. The van der Waals surface area contributed by atoms with Crippen LogP contribution in [0.1, 0.15) is 5.56 Å². The van der Waals surface area contributed by atoms with Gasteiger partial charge in [-0.3, -0.25) is 0 Å². The predicted octanol–water partition coefficient (Wildman–Crippen LogP) is 3.65. The third-order valence-electron chi connectivity index (χ3n) is 3.23. The summed E-state index contributed by atoms with van der Waals surface area (Å²) in [5.41, 5.74) is 3.78. The molecule has 4 nitrogen and oxygen atoms in total. The highest BCUT2D eigenvalue weighted by Gasteiger charge is 2.10. The molecule has 3 rings (SSSR count). The molecule has 1 aromatic carbocycles. The quantitative estimate of drug-likeness (QED) is 0.782. The average molecular weight is 287 g/mol. The van der Waals surface area contributed by atoms with Gasteiger partial charge in [-0.05, 0) is 42.8 Å². The van der Waals surface area contributed by atoms with Crippen LogP contribution in [0, 0.1) is 6.92 Å². The maximum atomic E-state index is 5.99. The van der Waals surface area contributed by atoms with Crippen molar-refractivity contribution in [3.05, 3.63) is 40.9 Å². The maximum absolute atomic E-state index is 5.99. The van der Waals surface area contributed by atoms with Gasteiger partial charge >= 0.3 is 0 Å². The molecule has 20 heavy (non-hydrogen) atoms. The van der Waals surface area contributed by atoms with E-state index < -0.39 is 0 Å². The van der Waals surface area contributed by atoms with Crippen LogP contribution in [0.5, 0.6) is 0 Å². The van der Waals surface area contributed by atoms with Crippen LogP contribution in [-0.2, 0) is 0 Å². The smallest absolute Gasteiger partial charge is 0.180 e. The van der Waals surface area contributed by atoms with E-state index in [0.29, 0.717) is 0 Å². The summed E-state index contributed by atoms with van der Waals surface area (Å²) in [6, 6.07) is 9.75. The topological polar surface area (TPSA) is 44.8 Å². The van der Waals surface area contributed by atoms with E-state index in [1.165, 1.54) is 0 Å². The van der Waals surface area contributed by atoms with E-state index >= 15 is 0 Å². The first-order chi connectivity index (χ1) is 9.54. The van der Waals surface area contributed by atoms with Gasteiger partial charge < -0.3 is 9.88 Å². The second-order valence-electron chi connectivity index (χ2n) is 4.98. The predicted molar refractivity (Wildman–Crippen MR) is 83.4 cm³/mol. The average Bonchev–Trinajstić information content (AvgIpc) is 2.80. The Morgan fingerprint density at radius 1 is 1.10 bits per heavy atom. The second kappa shape index (κ2) is 4.80. The number of aromatic amines is 1. The number of pyridine rings is 1. The molecule has 0 bridgehead atoms. The molecule has 2 heterocycles. The van der Waals surface area contributed by atoms with Gasteiger partial charge in [-0.1, -0.05) is 11.6 Å². The van der Waals surface area contributed by atoms with Crippen LogP contribution in [0.4, 0.5) is 5.82 Å². The van der Waals surface area contributed by atoms with Crippen LogP contribution in [-0.4, -0.2) is 29.0 Å². The van der Waals surface area contributed by atoms with Crippen molar-refractivity contribution in [2.45, 2.75) is 6.92 Å². The summed E-state index contributed by atoms with van der Waals surface area (Å²) in [4.78, 5) is 14.4. The standard InChI is InChI=1S/C15H15ClN4/c1-9-8-10(16)4-5-11(9)14-17-12-6-7-13(20(2)3)18-15(12)19-14/h4-8H,1-3H3,(H,17,18,19). The lowest BCUT2D eigenvalue weighted by Gasteiger charge is -2.09. The minimum atomic E-state index is 0.723. The molecule has 0 fully saturated rings. The molecule has 0 unspecified atom stereocenters. The zero-order valence-electron chi connectivity index (χ0n) is 11.6. The van der Waals surface area contributed by atoms with Crippen LogP contribution >= 0.6 is 11.6 Å². The molecule has 0 radical (unpaired) electrons. The van der Waals surface area contributed by atoms with E-state index in [0.717, 1.165) is 39.0 Å². The summed E-state index contributed by atoms with van der Waals surface area (Å²) in [6.07, 6.45) is 0. The van der Waals surface area contributed by atoms with Crippen molar-refractivity contribution >= 4 is 28.6 Å². The molecule has 0 amide bonds. The number of imidazole rings is 1. The molecule has 0 aliphatic heterocycles. The van der Waals surface area contributed by atoms with Gasteiger partial charge in [0.15, 0.2) is 5.65 Å². The summed E-state index contributed by atoms with van der Waals surface area (Å²) < 4.78 is 0. The Balaban J connectivity index is 2.13. The number of H-pyrrole nitrogens is 1. The molecule has 0 aliphatic carbocycles. The highest BCUT2D eigenvalue weighted by Crippen LogP contribution is 2.26. The van der Waals surface area contributed by atoms with Crippen molar-refractivity contribution in [1.29, 1.82) is 0 Å². The first kappa shape index (κ1) is 12.9.